The maximum atomic E-state index is 11.8. The van der Waals surface area contributed by atoms with Crippen molar-refractivity contribution in [2.45, 2.75) is 14.7 Å². The van der Waals surface area contributed by atoms with E-state index in [0.29, 0.717) is 6.07 Å². The van der Waals surface area contributed by atoms with E-state index < -0.39 is 50.8 Å². The molecule has 0 aromatic heterocycles. The van der Waals surface area contributed by atoms with E-state index in [-0.39, 0.29) is 121 Å². The Morgan fingerprint density at radius 3 is 1.12 bits per heavy atom. The number of aromatic hydroxyl groups is 1. The molecule has 4 aromatic carbocycles. The number of rotatable bonds is 3. The molecule has 3 radical (unpaired) electrons. The second-order valence-corrected chi connectivity index (χ2v) is 10.4. The summed E-state index contributed by atoms with van der Waals surface area (Å²) in [5.41, 5.74) is 0. The first-order valence-electron chi connectivity index (χ1n) is 7.61. The van der Waals surface area contributed by atoms with Crippen LogP contribution in [-0.4, -0.2) is 133 Å². The minimum absolute atomic E-state index is 0. The molecule has 0 spiro atoms. The third kappa shape index (κ3) is 5.03. The normalized spacial score (nSPS) is 12.3. The predicted molar refractivity (Wildman–Crippen MR) is 119 cm³/mol. The Hall–Kier alpha value is 0.450. The van der Waals surface area contributed by atoms with Crippen LogP contribution in [0.1, 0.15) is 0 Å². The van der Waals surface area contributed by atoms with Crippen LogP contribution in [0.4, 0.5) is 0 Å². The Balaban J connectivity index is 0.00000171. The monoisotopic (exact) mass is 527 g/mol. The van der Waals surface area contributed by atoms with Crippen LogP contribution in [-0.2, 0) is 30.4 Å². The van der Waals surface area contributed by atoms with Crippen LogP contribution >= 0.6 is 0 Å². The van der Waals surface area contributed by atoms with E-state index in [2.05, 4.69) is 0 Å². The molecule has 0 heterocycles. The van der Waals surface area contributed by atoms with Crippen molar-refractivity contribution in [2.75, 3.05) is 0 Å². The number of hydrogen-bond donors (Lipinski definition) is 4. The van der Waals surface area contributed by atoms with Crippen LogP contribution in [0.2, 0.25) is 0 Å². The SMILES string of the molecule is O=S(=O)(O)c1cc(O)c2ccc3c(S(=O)(=O)O)cc(S(=O)(=O)O)c4ccc1c2c34.[Na].[Na].[Na]. The summed E-state index contributed by atoms with van der Waals surface area (Å²) in [5.74, 6) is -0.579. The fraction of sp³-hybridized carbons (Fsp3) is 0. The van der Waals surface area contributed by atoms with E-state index in [1.807, 2.05) is 0 Å². The van der Waals surface area contributed by atoms with Gasteiger partial charge in [-0.15, -0.1) is 0 Å². The summed E-state index contributed by atoms with van der Waals surface area (Å²) in [7, 11) is -14.8. The number of hydrogen-bond acceptors (Lipinski definition) is 7. The molecule has 16 heteroatoms. The average molecular weight is 527 g/mol. The van der Waals surface area contributed by atoms with Crippen LogP contribution in [0, 0.1) is 0 Å². The maximum absolute atomic E-state index is 11.8. The van der Waals surface area contributed by atoms with Crippen molar-refractivity contribution in [3.8, 4) is 5.75 Å². The Kier molecular flexibility index (Phi) is 9.37. The van der Waals surface area contributed by atoms with Crippen molar-refractivity contribution in [1.29, 1.82) is 0 Å². The molecule has 0 bridgehead atoms. The Morgan fingerprint density at radius 1 is 0.500 bits per heavy atom. The summed E-state index contributed by atoms with van der Waals surface area (Å²) in [4.78, 5) is -2.38. The Morgan fingerprint density at radius 2 is 0.781 bits per heavy atom. The maximum Gasteiger partial charge on any atom is 0.295 e. The van der Waals surface area contributed by atoms with E-state index in [1.54, 1.807) is 0 Å². The topological polar surface area (TPSA) is 183 Å². The molecule has 0 aliphatic heterocycles. The van der Waals surface area contributed by atoms with Crippen LogP contribution in [0.5, 0.6) is 5.75 Å². The minimum atomic E-state index is -4.96. The van der Waals surface area contributed by atoms with Crippen molar-refractivity contribution in [3.63, 3.8) is 0 Å². The van der Waals surface area contributed by atoms with Gasteiger partial charge in [-0.2, -0.15) is 25.3 Å². The molecule has 4 N–H and O–H groups in total. The van der Waals surface area contributed by atoms with E-state index in [9.17, 15) is 44.0 Å². The molecule has 10 nitrogen and oxygen atoms in total. The molecule has 4 aromatic rings. The smallest absolute Gasteiger partial charge is 0.295 e. The zero-order valence-corrected chi connectivity index (χ0v) is 25.4. The van der Waals surface area contributed by atoms with Gasteiger partial charge in [0.1, 0.15) is 20.4 Å². The molecule has 0 saturated heterocycles. The zero-order valence-electron chi connectivity index (χ0n) is 16.9. The number of benzene rings is 4. The van der Waals surface area contributed by atoms with Gasteiger partial charge in [0.25, 0.3) is 30.4 Å². The van der Waals surface area contributed by atoms with Crippen molar-refractivity contribution >= 4 is 151 Å². The molecule has 32 heavy (non-hydrogen) atoms. The average Bonchev–Trinajstić information content (AvgIpc) is 2.57. The summed E-state index contributed by atoms with van der Waals surface area (Å²) >= 11 is 0. The van der Waals surface area contributed by atoms with Gasteiger partial charge in [0, 0.05) is 127 Å². The number of phenols is 1. The molecule has 0 fully saturated rings. The molecule has 0 aliphatic rings. The molecule has 0 atom stereocenters. The second kappa shape index (κ2) is 9.84. The summed E-state index contributed by atoms with van der Waals surface area (Å²) < 4.78 is 99.5. The van der Waals surface area contributed by atoms with Crippen LogP contribution in [0.25, 0.3) is 32.3 Å². The Labute approximate surface area is 248 Å². The van der Waals surface area contributed by atoms with Gasteiger partial charge in [0.2, 0.25) is 0 Å². The standard InChI is InChI=1S/C16H10O10S3.3Na/c17-11-5-12(27(18,19)20)8-3-4-10-14(29(24,25)26)6-13(28(21,22)23)9-2-1-7(11)15(8)16(9)10;;;/h1-6,17H,(H,18,19,20)(H,21,22,23)(H,24,25,26);;;. The van der Waals surface area contributed by atoms with Gasteiger partial charge in [0.05, 0.1) is 0 Å². The third-order valence-corrected chi connectivity index (χ3v) is 7.28. The van der Waals surface area contributed by atoms with E-state index in [0.717, 1.165) is 18.2 Å². The van der Waals surface area contributed by atoms with E-state index in [1.165, 1.54) is 12.1 Å². The predicted octanol–water partition coefficient (Wildman–Crippen LogP) is 0.887. The van der Waals surface area contributed by atoms with E-state index in [4.69, 9.17) is 0 Å². The van der Waals surface area contributed by atoms with E-state index >= 15 is 0 Å². The molecule has 4 rings (SSSR count). The van der Waals surface area contributed by atoms with Gasteiger partial charge in [-0.25, -0.2) is 0 Å². The van der Waals surface area contributed by atoms with Gasteiger partial charge in [-0.05, 0) is 12.1 Å². The molecular weight excluding hydrogens is 517 g/mol. The van der Waals surface area contributed by atoms with Crippen molar-refractivity contribution in [3.05, 3.63) is 36.4 Å². The van der Waals surface area contributed by atoms with Gasteiger partial charge in [0.15, 0.2) is 0 Å². The minimum Gasteiger partial charge on any atom is -0.507 e. The summed E-state index contributed by atoms with van der Waals surface area (Å²) in [6, 6.07) is 6.07. The van der Waals surface area contributed by atoms with Crippen LogP contribution in [0.15, 0.2) is 51.1 Å². The van der Waals surface area contributed by atoms with Gasteiger partial charge >= 0.3 is 0 Å². The quantitative estimate of drug-likeness (QED) is 0.170. The van der Waals surface area contributed by atoms with Gasteiger partial charge < -0.3 is 5.11 Å². The van der Waals surface area contributed by atoms with Crippen LogP contribution < -0.4 is 0 Å². The van der Waals surface area contributed by atoms with Crippen LogP contribution in [0.3, 0.4) is 0 Å². The third-order valence-electron chi connectivity index (χ3n) is 4.60. The molecule has 0 saturated carbocycles. The zero-order chi connectivity index (χ0) is 21.5. The molecular formula is C16H10Na3O10S3. The first kappa shape index (κ1) is 30.5. The van der Waals surface area contributed by atoms with Gasteiger partial charge in [-0.1, -0.05) is 18.2 Å². The van der Waals surface area contributed by atoms with Crippen molar-refractivity contribution in [2.24, 2.45) is 0 Å². The molecule has 0 aliphatic carbocycles. The molecule has 0 amide bonds. The first-order chi connectivity index (χ1) is 13.2. The fourth-order valence-electron chi connectivity index (χ4n) is 3.52. The van der Waals surface area contributed by atoms with Crippen molar-refractivity contribution in [1.82, 2.24) is 0 Å². The largest absolute Gasteiger partial charge is 0.507 e. The van der Waals surface area contributed by atoms with Crippen molar-refractivity contribution < 1.29 is 44.0 Å². The second-order valence-electron chi connectivity index (χ2n) is 6.26. The summed E-state index contributed by atoms with van der Waals surface area (Å²) in [6.45, 7) is 0. The first-order valence-corrected chi connectivity index (χ1v) is 11.9. The Bertz CT molecular complexity index is 1630. The molecule has 0 unspecified atom stereocenters. The molecule has 155 valence electrons. The fourth-order valence-corrected chi connectivity index (χ4v) is 5.73. The summed E-state index contributed by atoms with van der Waals surface area (Å²) in [5, 5.41) is 9.54. The van der Waals surface area contributed by atoms with Gasteiger partial charge in [-0.3, -0.25) is 13.7 Å². The summed E-state index contributed by atoms with van der Waals surface area (Å²) in [6.07, 6.45) is 0. The number of phenolic OH excluding ortho intramolecular Hbond substituents is 1.